The number of hydrogen-bond acceptors (Lipinski definition) is 2. The Morgan fingerprint density at radius 2 is 2.00 bits per heavy atom. The molecule has 21 heavy (non-hydrogen) atoms. The Hall–Kier alpha value is -2.22. The van der Waals surface area contributed by atoms with Crippen molar-refractivity contribution in [1.29, 1.82) is 0 Å². The molecular weight excluding hydrogens is 256 g/mol. The third-order valence-electron chi connectivity index (χ3n) is 3.13. The molecule has 0 atom stereocenters. The van der Waals surface area contributed by atoms with Gasteiger partial charge < -0.3 is 10.6 Å². The predicted octanol–water partition coefficient (Wildman–Crippen LogP) is 5.24. The smallest absolute Gasteiger partial charge is 0.0409 e. The normalized spacial score (nSPS) is 12.3. The van der Waals surface area contributed by atoms with Crippen LogP contribution in [0.2, 0.25) is 0 Å². The monoisotopic (exact) mass is 282 g/mol. The number of rotatable bonds is 7. The van der Waals surface area contributed by atoms with Crippen LogP contribution < -0.4 is 10.6 Å². The van der Waals surface area contributed by atoms with Crippen molar-refractivity contribution in [3.8, 4) is 0 Å². The van der Waals surface area contributed by atoms with Gasteiger partial charge in [-0.2, -0.15) is 0 Å². The SMILES string of the molecule is C=C/C=C(\C=C\Nc1ccc(C(C)C)cc1C)N/C=C/C. The van der Waals surface area contributed by atoms with E-state index < -0.39 is 0 Å². The highest BCUT2D eigenvalue weighted by atomic mass is 14.9. The predicted molar refractivity (Wildman–Crippen MR) is 94.3 cm³/mol. The zero-order valence-corrected chi connectivity index (χ0v) is 13.5. The van der Waals surface area contributed by atoms with E-state index in [1.54, 1.807) is 6.08 Å². The van der Waals surface area contributed by atoms with Crippen LogP contribution in [0.3, 0.4) is 0 Å². The fourth-order valence-corrected chi connectivity index (χ4v) is 1.89. The summed E-state index contributed by atoms with van der Waals surface area (Å²) in [7, 11) is 0. The van der Waals surface area contributed by atoms with Gasteiger partial charge in [-0.05, 0) is 55.3 Å². The van der Waals surface area contributed by atoms with Gasteiger partial charge >= 0.3 is 0 Å². The van der Waals surface area contributed by atoms with Crippen molar-refractivity contribution in [2.24, 2.45) is 0 Å². The van der Waals surface area contributed by atoms with Crippen molar-refractivity contribution >= 4 is 5.69 Å². The lowest BCUT2D eigenvalue weighted by molar-refractivity contribution is 0.865. The second-order valence-corrected chi connectivity index (χ2v) is 5.21. The first-order chi connectivity index (χ1) is 10.1. The summed E-state index contributed by atoms with van der Waals surface area (Å²) in [6.45, 7) is 12.2. The molecule has 1 rings (SSSR count). The molecule has 0 aliphatic heterocycles. The third-order valence-corrected chi connectivity index (χ3v) is 3.13. The van der Waals surface area contributed by atoms with E-state index >= 15 is 0 Å². The van der Waals surface area contributed by atoms with Crippen molar-refractivity contribution in [3.05, 3.63) is 78.3 Å². The van der Waals surface area contributed by atoms with E-state index in [1.807, 2.05) is 37.6 Å². The molecule has 2 N–H and O–H groups in total. The molecule has 1 aromatic carbocycles. The molecule has 0 radical (unpaired) electrons. The molecule has 0 aromatic heterocycles. The average molecular weight is 282 g/mol. The van der Waals surface area contributed by atoms with Crippen LogP contribution in [0.15, 0.2) is 67.2 Å². The Labute approximate surface area is 129 Å². The second-order valence-electron chi connectivity index (χ2n) is 5.21. The quantitative estimate of drug-likeness (QED) is 0.668. The van der Waals surface area contributed by atoms with Crippen molar-refractivity contribution in [2.75, 3.05) is 5.32 Å². The fraction of sp³-hybridized carbons (Fsp3) is 0.263. The third kappa shape index (κ3) is 5.74. The van der Waals surface area contributed by atoms with Crippen LogP contribution in [0, 0.1) is 6.92 Å². The highest BCUT2D eigenvalue weighted by Crippen LogP contribution is 2.21. The fourth-order valence-electron chi connectivity index (χ4n) is 1.89. The van der Waals surface area contributed by atoms with Gasteiger partial charge in [-0.25, -0.2) is 0 Å². The second kappa shape index (κ2) is 8.85. The number of nitrogens with one attached hydrogen (secondary N) is 2. The molecule has 112 valence electrons. The van der Waals surface area contributed by atoms with Gasteiger partial charge in [-0.15, -0.1) is 0 Å². The van der Waals surface area contributed by atoms with Crippen LogP contribution in [0.4, 0.5) is 5.69 Å². The number of hydrogen-bond donors (Lipinski definition) is 2. The number of aryl methyl sites for hydroxylation is 1. The van der Waals surface area contributed by atoms with Gasteiger partial charge in [0.05, 0.1) is 0 Å². The van der Waals surface area contributed by atoms with Gasteiger partial charge in [0.15, 0.2) is 0 Å². The van der Waals surface area contributed by atoms with E-state index in [0.717, 1.165) is 11.4 Å². The topological polar surface area (TPSA) is 24.1 Å². The summed E-state index contributed by atoms with van der Waals surface area (Å²) < 4.78 is 0. The lowest BCUT2D eigenvalue weighted by Crippen LogP contribution is -2.02. The number of benzene rings is 1. The number of allylic oxidation sites excluding steroid dienone is 4. The van der Waals surface area contributed by atoms with Crippen molar-refractivity contribution in [1.82, 2.24) is 5.32 Å². The summed E-state index contributed by atoms with van der Waals surface area (Å²) >= 11 is 0. The van der Waals surface area contributed by atoms with Gasteiger partial charge in [0, 0.05) is 17.6 Å². The Bertz CT molecular complexity index is 549. The van der Waals surface area contributed by atoms with E-state index in [1.165, 1.54) is 11.1 Å². The molecule has 0 aliphatic carbocycles. The molecule has 0 unspecified atom stereocenters. The first kappa shape index (κ1) is 16.8. The van der Waals surface area contributed by atoms with Crippen LogP contribution >= 0.6 is 0 Å². The van der Waals surface area contributed by atoms with Gasteiger partial charge in [0.25, 0.3) is 0 Å². The number of anilines is 1. The summed E-state index contributed by atoms with van der Waals surface area (Å²) in [4.78, 5) is 0. The van der Waals surface area contributed by atoms with E-state index in [0.29, 0.717) is 5.92 Å². The average Bonchev–Trinajstić information content (AvgIpc) is 2.46. The van der Waals surface area contributed by atoms with E-state index in [9.17, 15) is 0 Å². The summed E-state index contributed by atoms with van der Waals surface area (Å²) in [5, 5.41) is 6.50. The first-order valence-corrected chi connectivity index (χ1v) is 7.32. The van der Waals surface area contributed by atoms with Crippen molar-refractivity contribution < 1.29 is 0 Å². The Morgan fingerprint density at radius 1 is 1.24 bits per heavy atom. The van der Waals surface area contributed by atoms with Crippen LogP contribution in [0.25, 0.3) is 0 Å². The minimum absolute atomic E-state index is 0.556. The van der Waals surface area contributed by atoms with Crippen LogP contribution in [0.5, 0.6) is 0 Å². The Balaban J connectivity index is 2.75. The zero-order valence-electron chi connectivity index (χ0n) is 13.5. The maximum absolute atomic E-state index is 3.72. The van der Waals surface area contributed by atoms with Gasteiger partial charge in [0.2, 0.25) is 0 Å². The minimum Gasteiger partial charge on any atom is -0.362 e. The van der Waals surface area contributed by atoms with E-state index in [2.05, 4.69) is 56.2 Å². The van der Waals surface area contributed by atoms with Crippen LogP contribution in [-0.4, -0.2) is 0 Å². The lowest BCUT2D eigenvalue weighted by atomic mass is 10.0. The summed E-state index contributed by atoms with van der Waals surface area (Å²) in [5.41, 5.74) is 4.72. The maximum Gasteiger partial charge on any atom is 0.0409 e. The van der Waals surface area contributed by atoms with E-state index in [-0.39, 0.29) is 0 Å². The van der Waals surface area contributed by atoms with Gasteiger partial charge in [-0.3, -0.25) is 0 Å². The first-order valence-electron chi connectivity index (χ1n) is 7.32. The minimum atomic E-state index is 0.556. The molecule has 0 aliphatic rings. The molecule has 0 saturated carbocycles. The van der Waals surface area contributed by atoms with Crippen molar-refractivity contribution in [2.45, 2.75) is 33.6 Å². The maximum atomic E-state index is 3.72. The molecule has 2 heteroatoms. The molecule has 0 saturated heterocycles. The lowest BCUT2D eigenvalue weighted by Gasteiger charge is -2.11. The molecule has 0 amide bonds. The summed E-state index contributed by atoms with van der Waals surface area (Å²) in [6.07, 6.45) is 11.4. The molecule has 2 nitrogen and oxygen atoms in total. The summed E-state index contributed by atoms with van der Waals surface area (Å²) in [5.74, 6) is 0.556. The molecule has 0 fully saturated rings. The molecule has 1 aromatic rings. The molecule has 0 spiro atoms. The largest absolute Gasteiger partial charge is 0.362 e. The zero-order chi connectivity index (χ0) is 15.7. The van der Waals surface area contributed by atoms with Gasteiger partial charge in [0.1, 0.15) is 0 Å². The Kier molecular flexibility index (Phi) is 7.10. The Morgan fingerprint density at radius 3 is 2.57 bits per heavy atom. The standard InChI is InChI=1S/C19H26N2/c1-6-8-18(20-12-7-2)11-13-21-19-10-9-17(15(3)4)14-16(19)5/h6-15,20-21H,1H2,2-5H3/b12-7+,13-11+,18-8+. The molecule has 0 bridgehead atoms. The van der Waals surface area contributed by atoms with Crippen LogP contribution in [0.1, 0.15) is 37.8 Å². The highest BCUT2D eigenvalue weighted by Gasteiger charge is 2.01. The summed E-state index contributed by atoms with van der Waals surface area (Å²) in [6, 6.07) is 6.54. The van der Waals surface area contributed by atoms with Crippen LogP contribution in [-0.2, 0) is 0 Å². The van der Waals surface area contributed by atoms with E-state index in [4.69, 9.17) is 0 Å². The van der Waals surface area contributed by atoms with Crippen molar-refractivity contribution in [3.63, 3.8) is 0 Å². The molecular formula is C19H26N2. The van der Waals surface area contributed by atoms with Gasteiger partial charge in [-0.1, -0.05) is 44.7 Å². The molecule has 0 heterocycles. The highest BCUT2D eigenvalue weighted by molar-refractivity contribution is 5.54.